The van der Waals surface area contributed by atoms with Crippen molar-refractivity contribution in [2.24, 2.45) is 0 Å². The Balaban J connectivity index is 1.44. The first-order chi connectivity index (χ1) is 15.8. The molecule has 2 N–H and O–H groups in total. The predicted molar refractivity (Wildman–Crippen MR) is 125 cm³/mol. The lowest BCUT2D eigenvalue weighted by atomic mass is 9.86. The second-order valence-electron chi connectivity index (χ2n) is 8.79. The first-order valence-corrected chi connectivity index (χ1v) is 11.6. The second kappa shape index (κ2) is 9.71. The van der Waals surface area contributed by atoms with Gasteiger partial charge in [0.25, 0.3) is 0 Å². The fraction of sp³-hybridized carbons (Fsp3) is 0.440. The Morgan fingerprint density at radius 1 is 1.12 bits per heavy atom. The lowest BCUT2D eigenvalue weighted by Gasteiger charge is -2.43. The molecule has 2 fully saturated rings. The maximum Gasteiger partial charge on any atom is 0.335 e. The summed E-state index contributed by atoms with van der Waals surface area (Å²) in [5, 5.41) is 13.1. The Bertz CT molecular complexity index is 1000. The normalized spacial score (nSPS) is 18.5. The number of benzene rings is 2. The van der Waals surface area contributed by atoms with Gasteiger partial charge in [-0.1, -0.05) is 29.8 Å². The molecule has 4 rings (SSSR count). The fourth-order valence-corrected chi connectivity index (χ4v) is 4.62. The number of halogens is 1. The summed E-state index contributed by atoms with van der Waals surface area (Å²) in [7, 11) is 1.95. The van der Waals surface area contributed by atoms with Crippen LogP contribution < -0.4 is 10.1 Å². The van der Waals surface area contributed by atoms with Gasteiger partial charge < -0.3 is 19.9 Å². The van der Waals surface area contributed by atoms with Gasteiger partial charge in [0.2, 0.25) is 5.91 Å². The lowest BCUT2D eigenvalue weighted by molar-refractivity contribution is -0.140. The van der Waals surface area contributed by atoms with E-state index in [0.29, 0.717) is 50.0 Å². The van der Waals surface area contributed by atoms with Crippen LogP contribution in [-0.4, -0.2) is 60.8 Å². The molecule has 0 atom stereocenters. The highest BCUT2D eigenvalue weighted by molar-refractivity contribution is 6.30. The molecule has 2 aromatic carbocycles. The molecular formula is C25H29ClN2O5. The van der Waals surface area contributed by atoms with E-state index in [0.717, 1.165) is 18.4 Å². The van der Waals surface area contributed by atoms with E-state index in [1.54, 1.807) is 36.4 Å². The average molecular weight is 473 g/mol. The van der Waals surface area contributed by atoms with Crippen molar-refractivity contribution in [2.45, 2.75) is 36.8 Å². The van der Waals surface area contributed by atoms with Crippen molar-refractivity contribution in [3.05, 3.63) is 64.7 Å². The number of ether oxygens (including phenoxy) is 2. The lowest BCUT2D eigenvalue weighted by Crippen LogP contribution is -2.62. The zero-order valence-electron chi connectivity index (χ0n) is 18.7. The van der Waals surface area contributed by atoms with Gasteiger partial charge in [-0.05, 0) is 68.6 Å². The van der Waals surface area contributed by atoms with Crippen molar-refractivity contribution < 1.29 is 24.2 Å². The first-order valence-electron chi connectivity index (χ1n) is 11.2. The Hall–Kier alpha value is -2.61. The van der Waals surface area contributed by atoms with Crippen LogP contribution in [0.2, 0.25) is 5.02 Å². The molecule has 8 heteroatoms. The van der Waals surface area contributed by atoms with Crippen molar-refractivity contribution in [3.63, 3.8) is 0 Å². The molecular weight excluding hydrogens is 444 g/mol. The Labute approximate surface area is 198 Å². The highest BCUT2D eigenvalue weighted by Crippen LogP contribution is 2.46. The third-order valence-electron chi connectivity index (χ3n) is 6.75. The van der Waals surface area contributed by atoms with E-state index in [-0.39, 0.29) is 11.5 Å². The van der Waals surface area contributed by atoms with Crippen molar-refractivity contribution in [3.8, 4) is 5.75 Å². The molecule has 1 aliphatic heterocycles. The summed E-state index contributed by atoms with van der Waals surface area (Å²) in [4.78, 5) is 26.9. The van der Waals surface area contributed by atoms with Gasteiger partial charge in [-0.15, -0.1) is 0 Å². The van der Waals surface area contributed by atoms with Gasteiger partial charge in [-0.2, -0.15) is 0 Å². The monoisotopic (exact) mass is 472 g/mol. The number of hydrogen-bond acceptors (Lipinski definition) is 5. The zero-order chi connectivity index (χ0) is 23.5. The quantitative estimate of drug-likeness (QED) is 0.578. The molecule has 1 heterocycles. The highest BCUT2D eigenvalue weighted by Gasteiger charge is 2.51. The van der Waals surface area contributed by atoms with Gasteiger partial charge in [0.05, 0.1) is 11.1 Å². The summed E-state index contributed by atoms with van der Waals surface area (Å²) < 4.78 is 11.4. The number of carbonyl (C=O) groups is 2. The Kier molecular flexibility index (Phi) is 6.93. The van der Waals surface area contributed by atoms with E-state index in [1.807, 2.05) is 19.2 Å². The smallest absolute Gasteiger partial charge is 0.335 e. The number of amides is 1. The summed E-state index contributed by atoms with van der Waals surface area (Å²) in [6.07, 6.45) is 2.86. The van der Waals surface area contributed by atoms with E-state index in [4.69, 9.17) is 26.2 Å². The van der Waals surface area contributed by atoms with Crippen LogP contribution >= 0.6 is 11.6 Å². The van der Waals surface area contributed by atoms with Crippen molar-refractivity contribution in [2.75, 3.05) is 33.4 Å². The number of hydrogen-bond donors (Lipinski definition) is 2. The van der Waals surface area contributed by atoms with Gasteiger partial charge in [-0.3, -0.25) is 9.69 Å². The third-order valence-corrected chi connectivity index (χ3v) is 6.99. The minimum Gasteiger partial charge on any atom is -0.492 e. The van der Waals surface area contributed by atoms with Crippen LogP contribution in [0.25, 0.3) is 0 Å². The molecule has 1 saturated heterocycles. The summed E-state index contributed by atoms with van der Waals surface area (Å²) in [6.45, 7) is 2.04. The largest absolute Gasteiger partial charge is 0.492 e. The first kappa shape index (κ1) is 23.5. The maximum absolute atomic E-state index is 13.7. The molecule has 176 valence electrons. The van der Waals surface area contributed by atoms with Crippen molar-refractivity contribution in [1.82, 2.24) is 10.2 Å². The molecule has 0 bridgehead atoms. The van der Waals surface area contributed by atoms with Crippen LogP contribution in [0, 0.1) is 0 Å². The van der Waals surface area contributed by atoms with Crippen LogP contribution in [-0.2, 0) is 15.1 Å². The standard InChI is InChI=1S/C25H29ClN2O5/c1-28(13-16-33-21-4-2-3-20(26)17-21)25(11-14-32-15-12-25)23(31)27-24(9-10-24)19-7-5-18(6-8-19)22(29)30/h2-8,17H,9-16H2,1H3,(H,27,31)(H,29,30). The van der Waals surface area contributed by atoms with Crippen molar-refractivity contribution in [1.29, 1.82) is 0 Å². The summed E-state index contributed by atoms with van der Waals surface area (Å²) in [6, 6.07) is 14.0. The molecule has 33 heavy (non-hydrogen) atoms. The molecule has 2 aromatic rings. The van der Waals surface area contributed by atoms with Crippen LogP contribution in [0.3, 0.4) is 0 Å². The maximum atomic E-state index is 13.7. The topological polar surface area (TPSA) is 88.1 Å². The van der Waals surface area contributed by atoms with Gasteiger partial charge in [0.15, 0.2) is 0 Å². The van der Waals surface area contributed by atoms with Gasteiger partial charge in [0.1, 0.15) is 17.9 Å². The summed E-state index contributed by atoms with van der Waals surface area (Å²) in [5.41, 5.74) is 0.0561. The molecule has 1 amide bonds. The summed E-state index contributed by atoms with van der Waals surface area (Å²) >= 11 is 6.03. The van der Waals surface area contributed by atoms with Gasteiger partial charge >= 0.3 is 5.97 Å². The average Bonchev–Trinajstić information content (AvgIpc) is 3.60. The molecule has 0 unspecified atom stereocenters. The molecule has 7 nitrogen and oxygen atoms in total. The third kappa shape index (κ3) is 5.16. The number of aromatic carboxylic acids is 1. The minimum atomic E-state index is -0.960. The Morgan fingerprint density at radius 2 is 1.82 bits per heavy atom. The molecule has 1 aliphatic carbocycles. The summed E-state index contributed by atoms with van der Waals surface area (Å²) in [5.74, 6) is -0.280. The molecule has 0 aromatic heterocycles. The number of carbonyl (C=O) groups excluding carboxylic acids is 1. The number of nitrogens with one attached hydrogen (secondary N) is 1. The zero-order valence-corrected chi connectivity index (χ0v) is 19.4. The van der Waals surface area contributed by atoms with Crippen molar-refractivity contribution >= 4 is 23.5 Å². The van der Waals surface area contributed by atoms with Gasteiger partial charge in [-0.25, -0.2) is 4.79 Å². The van der Waals surface area contributed by atoms with E-state index in [2.05, 4.69) is 10.2 Å². The molecule has 2 aliphatic rings. The van der Waals surface area contributed by atoms with Crippen LogP contribution in [0.1, 0.15) is 41.6 Å². The fourth-order valence-electron chi connectivity index (χ4n) is 4.44. The van der Waals surface area contributed by atoms with Gasteiger partial charge in [0, 0.05) is 24.8 Å². The number of carboxylic acid groups (broad SMARTS) is 1. The van der Waals surface area contributed by atoms with E-state index in [1.165, 1.54) is 0 Å². The predicted octanol–water partition coefficient (Wildman–Crippen LogP) is 3.70. The van der Waals surface area contributed by atoms with E-state index < -0.39 is 17.0 Å². The molecule has 0 spiro atoms. The number of rotatable bonds is 9. The van der Waals surface area contributed by atoms with Crippen LogP contribution in [0.15, 0.2) is 48.5 Å². The SMILES string of the molecule is CN(CCOc1cccc(Cl)c1)C1(C(=O)NC2(c3ccc(C(=O)O)cc3)CC2)CCOCC1. The number of likely N-dealkylation sites (N-methyl/N-ethyl adjacent to an activating group) is 1. The second-order valence-corrected chi connectivity index (χ2v) is 9.23. The molecule has 1 saturated carbocycles. The van der Waals surface area contributed by atoms with Crippen LogP contribution in [0.4, 0.5) is 0 Å². The Morgan fingerprint density at radius 3 is 2.42 bits per heavy atom. The molecule has 0 radical (unpaired) electrons. The van der Waals surface area contributed by atoms with Crippen LogP contribution in [0.5, 0.6) is 5.75 Å². The minimum absolute atomic E-state index is 0.0177. The van der Waals surface area contributed by atoms with E-state index in [9.17, 15) is 9.59 Å². The number of carboxylic acids is 1. The highest BCUT2D eigenvalue weighted by atomic mass is 35.5. The van der Waals surface area contributed by atoms with E-state index >= 15 is 0 Å². The number of nitrogens with zero attached hydrogens (tertiary/aromatic N) is 1.